The fourth-order valence-corrected chi connectivity index (χ4v) is 2.04. The van der Waals surface area contributed by atoms with Crippen molar-refractivity contribution in [3.8, 4) is 0 Å². The molecule has 7 heteroatoms. The van der Waals surface area contributed by atoms with Crippen molar-refractivity contribution in [2.45, 2.75) is 10.1 Å². The van der Waals surface area contributed by atoms with E-state index in [2.05, 4.69) is 20.3 Å². The van der Waals surface area contributed by atoms with Gasteiger partial charge < -0.3 is 16.8 Å². The van der Waals surface area contributed by atoms with Crippen LogP contribution in [0.25, 0.3) is 0 Å². The molecule has 2 rings (SSSR count). The maximum atomic E-state index is 5.60. The third-order valence-electron chi connectivity index (χ3n) is 1.94. The molecule has 6 nitrogen and oxygen atoms in total. The molecule has 0 aromatic carbocycles. The van der Waals surface area contributed by atoms with E-state index in [4.69, 9.17) is 11.5 Å². The quantitative estimate of drug-likeness (QED) is 0.702. The number of hydrogen-bond acceptors (Lipinski definition) is 7. The minimum absolute atomic E-state index is 0.364. The van der Waals surface area contributed by atoms with Crippen LogP contribution in [-0.2, 0) is 0 Å². The van der Waals surface area contributed by atoms with Crippen LogP contribution in [-0.4, -0.2) is 22.0 Å². The number of pyridine rings is 1. The molecule has 0 fully saturated rings. The van der Waals surface area contributed by atoms with Crippen LogP contribution in [0, 0.1) is 0 Å². The third kappa shape index (κ3) is 2.97. The highest BCUT2D eigenvalue weighted by molar-refractivity contribution is 7.99. The summed E-state index contributed by atoms with van der Waals surface area (Å²) in [5.74, 6) is 1.51. The number of rotatable bonds is 3. The van der Waals surface area contributed by atoms with Crippen molar-refractivity contribution in [3.05, 3.63) is 24.4 Å². The molecule has 5 N–H and O–H groups in total. The van der Waals surface area contributed by atoms with Crippen LogP contribution >= 0.6 is 11.8 Å². The lowest BCUT2D eigenvalue weighted by molar-refractivity contribution is 0.984. The van der Waals surface area contributed by atoms with Crippen LogP contribution < -0.4 is 16.8 Å². The van der Waals surface area contributed by atoms with Gasteiger partial charge in [-0.1, -0.05) is 0 Å². The van der Waals surface area contributed by atoms with E-state index >= 15 is 0 Å². The fraction of sp³-hybridized carbons (Fsp3) is 0.100. The van der Waals surface area contributed by atoms with Gasteiger partial charge in [0.1, 0.15) is 17.5 Å². The summed E-state index contributed by atoms with van der Waals surface area (Å²) in [6.07, 6.45) is 1.71. The molecule has 0 aliphatic heterocycles. The first-order valence-corrected chi connectivity index (χ1v) is 5.71. The summed E-state index contributed by atoms with van der Waals surface area (Å²) in [6, 6.07) is 5.29. The molecule has 0 saturated heterocycles. The third-order valence-corrected chi connectivity index (χ3v) is 2.80. The molecule has 0 saturated carbocycles. The molecule has 0 bridgehead atoms. The summed E-state index contributed by atoms with van der Waals surface area (Å²) in [5, 5.41) is 3.49. The Bertz CT molecular complexity index is 510. The van der Waals surface area contributed by atoms with Crippen molar-refractivity contribution >= 4 is 29.2 Å². The van der Waals surface area contributed by atoms with Gasteiger partial charge in [0.25, 0.3) is 0 Å². The SMILES string of the molecule is CNc1cc(Sc2nc(N)cc(N)n2)ccn1. The summed E-state index contributed by atoms with van der Waals surface area (Å²) in [6.45, 7) is 0. The van der Waals surface area contributed by atoms with Crippen LogP contribution in [0.5, 0.6) is 0 Å². The zero-order valence-corrected chi connectivity index (χ0v) is 10.0. The molecule has 0 aliphatic carbocycles. The van der Waals surface area contributed by atoms with Gasteiger partial charge in [-0.2, -0.15) is 0 Å². The highest BCUT2D eigenvalue weighted by atomic mass is 32.2. The molecule has 88 valence electrons. The molecular weight excluding hydrogens is 236 g/mol. The molecule has 0 aliphatic rings. The predicted molar refractivity (Wildman–Crippen MR) is 68.8 cm³/mol. The summed E-state index contributed by atoms with van der Waals surface area (Å²) in [5.41, 5.74) is 11.2. The lowest BCUT2D eigenvalue weighted by Gasteiger charge is -2.04. The van der Waals surface area contributed by atoms with Gasteiger partial charge in [-0.25, -0.2) is 15.0 Å². The van der Waals surface area contributed by atoms with Gasteiger partial charge in [0.05, 0.1) is 0 Å². The summed E-state index contributed by atoms with van der Waals surface area (Å²) in [7, 11) is 1.81. The Labute approximate surface area is 103 Å². The van der Waals surface area contributed by atoms with Crippen LogP contribution in [0.15, 0.2) is 34.4 Å². The Balaban J connectivity index is 2.24. The largest absolute Gasteiger partial charge is 0.383 e. The topological polar surface area (TPSA) is 103 Å². The Morgan fingerprint density at radius 3 is 2.53 bits per heavy atom. The lowest BCUT2D eigenvalue weighted by Crippen LogP contribution is -1.99. The zero-order valence-electron chi connectivity index (χ0n) is 9.21. The van der Waals surface area contributed by atoms with Gasteiger partial charge in [-0.3, -0.25) is 0 Å². The minimum Gasteiger partial charge on any atom is -0.383 e. The highest BCUT2D eigenvalue weighted by Gasteiger charge is 2.04. The zero-order chi connectivity index (χ0) is 12.3. The average molecular weight is 248 g/mol. The molecule has 17 heavy (non-hydrogen) atoms. The molecule has 2 aromatic rings. The Morgan fingerprint density at radius 1 is 1.18 bits per heavy atom. The van der Waals surface area contributed by atoms with Crippen molar-refractivity contribution in [2.75, 3.05) is 23.8 Å². The number of nitrogens with one attached hydrogen (secondary N) is 1. The molecule has 2 aromatic heterocycles. The standard InChI is InChI=1S/C10H12N6S/c1-13-9-4-6(2-3-14-9)17-10-15-7(11)5-8(12)16-10/h2-5H,1H3,(H,13,14)(H4,11,12,15,16). The second-order valence-electron chi connectivity index (χ2n) is 3.23. The van der Waals surface area contributed by atoms with Crippen LogP contribution in [0.4, 0.5) is 17.5 Å². The molecule has 0 amide bonds. The van der Waals surface area contributed by atoms with Gasteiger partial charge in [-0.15, -0.1) is 0 Å². The van der Waals surface area contributed by atoms with E-state index in [9.17, 15) is 0 Å². The number of hydrogen-bond donors (Lipinski definition) is 3. The molecule has 0 radical (unpaired) electrons. The predicted octanol–water partition coefficient (Wildman–Crippen LogP) is 1.23. The van der Waals surface area contributed by atoms with E-state index in [1.165, 1.54) is 17.8 Å². The van der Waals surface area contributed by atoms with Gasteiger partial charge in [-0.05, 0) is 23.9 Å². The van der Waals surface area contributed by atoms with Gasteiger partial charge in [0.15, 0.2) is 5.16 Å². The normalized spacial score (nSPS) is 10.2. The Morgan fingerprint density at radius 2 is 1.88 bits per heavy atom. The van der Waals surface area contributed by atoms with E-state index in [0.29, 0.717) is 16.8 Å². The van der Waals surface area contributed by atoms with Crippen molar-refractivity contribution in [3.63, 3.8) is 0 Å². The smallest absolute Gasteiger partial charge is 0.196 e. The van der Waals surface area contributed by atoms with Crippen molar-refractivity contribution in [1.29, 1.82) is 0 Å². The maximum Gasteiger partial charge on any atom is 0.196 e. The lowest BCUT2D eigenvalue weighted by atomic mass is 10.5. The first-order chi connectivity index (χ1) is 8.17. The molecule has 2 heterocycles. The van der Waals surface area contributed by atoms with Gasteiger partial charge in [0.2, 0.25) is 0 Å². The first kappa shape index (κ1) is 11.5. The van der Waals surface area contributed by atoms with E-state index < -0.39 is 0 Å². The molecule has 0 spiro atoms. The summed E-state index contributed by atoms with van der Waals surface area (Å²) >= 11 is 1.38. The van der Waals surface area contributed by atoms with E-state index in [1.54, 1.807) is 6.20 Å². The highest BCUT2D eigenvalue weighted by Crippen LogP contribution is 2.26. The molecule has 0 unspecified atom stereocenters. The summed E-state index contributed by atoms with van der Waals surface area (Å²) in [4.78, 5) is 13.3. The van der Waals surface area contributed by atoms with E-state index in [1.807, 2.05) is 19.2 Å². The van der Waals surface area contributed by atoms with Crippen LogP contribution in [0.3, 0.4) is 0 Å². The minimum atomic E-state index is 0.364. The van der Waals surface area contributed by atoms with Crippen molar-refractivity contribution < 1.29 is 0 Å². The maximum absolute atomic E-state index is 5.60. The molecular formula is C10H12N6S. The van der Waals surface area contributed by atoms with E-state index in [0.717, 1.165) is 10.7 Å². The molecule has 0 atom stereocenters. The number of anilines is 3. The number of nitrogen functional groups attached to an aromatic ring is 2. The van der Waals surface area contributed by atoms with Crippen molar-refractivity contribution in [1.82, 2.24) is 15.0 Å². The number of aromatic nitrogens is 3. The monoisotopic (exact) mass is 248 g/mol. The van der Waals surface area contributed by atoms with Gasteiger partial charge in [0, 0.05) is 24.2 Å². The second kappa shape index (κ2) is 4.88. The Hall–Kier alpha value is -2.02. The van der Waals surface area contributed by atoms with Crippen LogP contribution in [0.2, 0.25) is 0 Å². The second-order valence-corrected chi connectivity index (χ2v) is 4.27. The van der Waals surface area contributed by atoms with E-state index in [-0.39, 0.29) is 0 Å². The number of nitrogens with zero attached hydrogens (tertiary/aromatic N) is 3. The average Bonchev–Trinajstić information content (AvgIpc) is 2.28. The van der Waals surface area contributed by atoms with Gasteiger partial charge >= 0.3 is 0 Å². The first-order valence-electron chi connectivity index (χ1n) is 4.89. The van der Waals surface area contributed by atoms with Crippen LogP contribution in [0.1, 0.15) is 0 Å². The Kier molecular flexibility index (Phi) is 3.29. The number of nitrogens with two attached hydrogens (primary N) is 2. The summed E-state index contributed by atoms with van der Waals surface area (Å²) < 4.78 is 0. The fourth-order valence-electron chi connectivity index (χ4n) is 1.22. The van der Waals surface area contributed by atoms with Crippen molar-refractivity contribution in [2.24, 2.45) is 0 Å².